The standard InChI is InChI=1S/C22H18BrCl2N5O4/c1-11-8-14(24)9-15(21(33)28(4)12(2)31)19(11)29(13(3)32)22(34)17-10-18(23)27-30(17)20-16(25)6-5-7-26-20/h5-10H,1-4H3. The second kappa shape index (κ2) is 10.0. The van der Waals surface area contributed by atoms with Crippen molar-refractivity contribution < 1.29 is 19.2 Å². The molecule has 2 heterocycles. The molecule has 0 radical (unpaired) electrons. The number of amides is 4. The van der Waals surface area contributed by atoms with Crippen LogP contribution in [0.25, 0.3) is 5.82 Å². The minimum Gasteiger partial charge on any atom is -0.282 e. The van der Waals surface area contributed by atoms with Gasteiger partial charge in [-0.15, -0.1) is 0 Å². The number of rotatable bonds is 4. The highest BCUT2D eigenvalue weighted by Gasteiger charge is 2.33. The van der Waals surface area contributed by atoms with Crippen molar-refractivity contribution in [3.63, 3.8) is 0 Å². The lowest BCUT2D eigenvalue weighted by Gasteiger charge is -2.25. The summed E-state index contributed by atoms with van der Waals surface area (Å²) in [6.45, 7) is 3.99. The molecule has 0 unspecified atom stereocenters. The van der Waals surface area contributed by atoms with Gasteiger partial charge in [0.1, 0.15) is 10.3 Å². The molecule has 0 fully saturated rings. The van der Waals surface area contributed by atoms with E-state index in [2.05, 4.69) is 26.0 Å². The molecule has 12 heteroatoms. The van der Waals surface area contributed by atoms with Crippen molar-refractivity contribution in [3.05, 3.63) is 68.0 Å². The van der Waals surface area contributed by atoms with Gasteiger partial charge in [-0.3, -0.25) is 24.1 Å². The molecule has 9 nitrogen and oxygen atoms in total. The summed E-state index contributed by atoms with van der Waals surface area (Å²) < 4.78 is 1.49. The number of halogens is 3. The molecule has 0 N–H and O–H groups in total. The molecule has 4 amide bonds. The van der Waals surface area contributed by atoms with Crippen molar-refractivity contribution in [1.29, 1.82) is 0 Å². The molecule has 1 aromatic carbocycles. The first kappa shape index (κ1) is 25.5. The van der Waals surface area contributed by atoms with Gasteiger partial charge in [0.25, 0.3) is 11.8 Å². The average molecular weight is 567 g/mol. The van der Waals surface area contributed by atoms with Crippen LogP contribution >= 0.6 is 39.1 Å². The van der Waals surface area contributed by atoms with Gasteiger partial charge < -0.3 is 0 Å². The predicted octanol–water partition coefficient (Wildman–Crippen LogP) is 4.46. The fourth-order valence-corrected chi connectivity index (χ4v) is 4.08. The number of nitrogens with zero attached hydrogens (tertiary/aromatic N) is 5. The van der Waals surface area contributed by atoms with E-state index in [1.165, 1.54) is 50.0 Å². The number of benzene rings is 1. The number of hydrogen-bond acceptors (Lipinski definition) is 6. The maximum absolute atomic E-state index is 13.7. The predicted molar refractivity (Wildman–Crippen MR) is 131 cm³/mol. The molecule has 0 atom stereocenters. The number of aryl methyl sites for hydroxylation is 1. The largest absolute Gasteiger partial charge is 0.283 e. The van der Waals surface area contributed by atoms with E-state index in [0.717, 1.165) is 9.80 Å². The lowest BCUT2D eigenvalue weighted by Crippen LogP contribution is -2.40. The number of pyridine rings is 1. The van der Waals surface area contributed by atoms with Crippen LogP contribution in [0.2, 0.25) is 10.0 Å². The summed E-state index contributed by atoms with van der Waals surface area (Å²) in [5.74, 6) is -2.55. The Balaban J connectivity index is 2.24. The van der Waals surface area contributed by atoms with Crippen LogP contribution in [0.3, 0.4) is 0 Å². The summed E-state index contributed by atoms with van der Waals surface area (Å²) in [6.07, 6.45) is 1.48. The van der Waals surface area contributed by atoms with Crippen molar-refractivity contribution in [2.45, 2.75) is 20.8 Å². The number of aromatic nitrogens is 3. The topological polar surface area (TPSA) is 105 Å². The summed E-state index contributed by atoms with van der Waals surface area (Å²) in [5, 5.41) is 4.66. The molecule has 3 rings (SSSR count). The number of imide groups is 2. The number of anilines is 1. The number of hydrogen-bond donors (Lipinski definition) is 0. The van der Waals surface area contributed by atoms with Crippen LogP contribution in [0.5, 0.6) is 0 Å². The van der Waals surface area contributed by atoms with E-state index in [9.17, 15) is 19.2 Å². The molecule has 0 aliphatic rings. The minimum atomic E-state index is -0.794. The fraction of sp³-hybridized carbons (Fsp3) is 0.182. The quantitative estimate of drug-likeness (QED) is 0.462. The van der Waals surface area contributed by atoms with E-state index in [1.807, 2.05) is 0 Å². The Morgan fingerprint density at radius 2 is 1.71 bits per heavy atom. The van der Waals surface area contributed by atoms with Crippen LogP contribution in [-0.4, -0.2) is 50.3 Å². The van der Waals surface area contributed by atoms with Crippen LogP contribution in [0.1, 0.15) is 40.3 Å². The molecular formula is C22H18BrCl2N5O4. The molecule has 0 saturated heterocycles. The highest BCUT2D eigenvalue weighted by atomic mass is 79.9. The summed E-state index contributed by atoms with van der Waals surface area (Å²) in [4.78, 5) is 57.3. The normalized spacial score (nSPS) is 10.7. The van der Waals surface area contributed by atoms with Gasteiger partial charge in [0, 0.05) is 38.2 Å². The molecule has 0 spiro atoms. The Hall–Kier alpha value is -3.08. The van der Waals surface area contributed by atoms with Crippen LogP contribution in [0.15, 0.2) is 41.1 Å². The van der Waals surface area contributed by atoms with E-state index in [0.29, 0.717) is 10.2 Å². The van der Waals surface area contributed by atoms with Gasteiger partial charge in [0.2, 0.25) is 11.8 Å². The van der Waals surface area contributed by atoms with Gasteiger partial charge in [0.15, 0.2) is 5.82 Å². The zero-order chi connectivity index (χ0) is 25.3. The van der Waals surface area contributed by atoms with Crippen LogP contribution < -0.4 is 4.90 Å². The van der Waals surface area contributed by atoms with Crippen molar-refractivity contribution >= 4 is 68.4 Å². The van der Waals surface area contributed by atoms with E-state index in [1.54, 1.807) is 19.1 Å². The summed E-state index contributed by atoms with van der Waals surface area (Å²) in [6, 6.07) is 7.41. The molecule has 176 valence electrons. The highest BCUT2D eigenvalue weighted by molar-refractivity contribution is 9.10. The third kappa shape index (κ3) is 4.89. The first-order chi connectivity index (χ1) is 15.9. The Morgan fingerprint density at radius 1 is 1.03 bits per heavy atom. The Morgan fingerprint density at radius 3 is 2.29 bits per heavy atom. The van der Waals surface area contributed by atoms with Gasteiger partial charge in [-0.25, -0.2) is 14.6 Å². The van der Waals surface area contributed by atoms with E-state index < -0.39 is 23.6 Å². The van der Waals surface area contributed by atoms with Gasteiger partial charge in [-0.2, -0.15) is 5.10 Å². The Bertz CT molecular complexity index is 1340. The average Bonchev–Trinajstić information content (AvgIpc) is 3.15. The van der Waals surface area contributed by atoms with E-state index in [-0.39, 0.29) is 32.8 Å². The monoisotopic (exact) mass is 565 g/mol. The van der Waals surface area contributed by atoms with E-state index in [4.69, 9.17) is 23.2 Å². The maximum atomic E-state index is 13.7. The zero-order valence-corrected chi connectivity index (χ0v) is 21.6. The van der Waals surface area contributed by atoms with Crippen molar-refractivity contribution in [2.24, 2.45) is 0 Å². The lowest BCUT2D eigenvalue weighted by atomic mass is 10.0. The second-order valence-corrected chi connectivity index (χ2v) is 8.89. The Kier molecular flexibility index (Phi) is 7.54. The molecule has 2 aromatic heterocycles. The van der Waals surface area contributed by atoms with Crippen molar-refractivity contribution in [2.75, 3.05) is 11.9 Å². The van der Waals surface area contributed by atoms with Crippen molar-refractivity contribution in [1.82, 2.24) is 19.7 Å². The second-order valence-electron chi connectivity index (χ2n) is 7.23. The highest BCUT2D eigenvalue weighted by Crippen LogP contribution is 2.32. The number of carbonyl (C=O) groups is 4. The van der Waals surface area contributed by atoms with Gasteiger partial charge in [-0.05, 0) is 52.7 Å². The van der Waals surface area contributed by atoms with Gasteiger partial charge in [0.05, 0.1) is 16.3 Å². The molecule has 0 aliphatic carbocycles. The molecule has 0 saturated carbocycles. The smallest absolute Gasteiger partial charge is 0.282 e. The third-order valence-electron chi connectivity index (χ3n) is 4.85. The molecule has 0 aliphatic heterocycles. The zero-order valence-electron chi connectivity index (χ0n) is 18.5. The summed E-state index contributed by atoms with van der Waals surface area (Å²) in [5.41, 5.74) is 0.232. The van der Waals surface area contributed by atoms with Crippen molar-refractivity contribution in [3.8, 4) is 5.82 Å². The summed E-state index contributed by atoms with van der Waals surface area (Å²) >= 11 is 15.7. The number of carbonyl (C=O) groups excluding carboxylic acids is 4. The third-order valence-corrected chi connectivity index (χ3v) is 5.75. The molecule has 3 aromatic rings. The minimum absolute atomic E-state index is 0.00371. The fourth-order valence-electron chi connectivity index (χ4n) is 3.23. The molecule has 0 bridgehead atoms. The first-order valence-corrected chi connectivity index (χ1v) is 11.3. The lowest BCUT2D eigenvalue weighted by molar-refractivity contribution is -0.125. The summed E-state index contributed by atoms with van der Waals surface area (Å²) in [7, 11) is 1.29. The van der Waals surface area contributed by atoms with Crippen LogP contribution in [0.4, 0.5) is 5.69 Å². The van der Waals surface area contributed by atoms with Crippen LogP contribution in [0, 0.1) is 6.92 Å². The molecular weight excluding hydrogens is 549 g/mol. The Labute approximate surface area is 213 Å². The first-order valence-electron chi connectivity index (χ1n) is 9.74. The molecule has 34 heavy (non-hydrogen) atoms. The van der Waals surface area contributed by atoms with Crippen LogP contribution in [-0.2, 0) is 9.59 Å². The van der Waals surface area contributed by atoms with Gasteiger partial charge in [-0.1, -0.05) is 23.2 Å². The SMILES string of the molecule is CC(=O)N(C)C(=O)c1cc(Cl)cc(C)c1N(C(C)=O)C(=O)c1cc(Br)nn1-c1ncccc1Cl. The van der Waals surface area contributed by atoms with Gasteiger partial charge >= 0.3 is 0 Å². The van der Waals surface area contributed by atoms with E-state index >= 15 is 0 Å². The maximum Gasteiger partial charge on any atom is 0.283 e.